The molecule has 2 aromatic heterocycles. The first-order valence-electron chi connectivity index (χ1n) is 10.1. The van der Waals surface area contributed by atoms with E-state index >= 15 is 0 Å². The second-order valence-electron chi connectivity index (χ2n) is 7.72. The summed E-state index contributed by atoms with van der Waals surface area (Å²) in [4.78, 5) is 19.4. The highest BCUT2D eigenvalue weighted by molar-refractivity contribution is 5.89. The molecule has 5 rings (SSSR count). The maximum atomic E-state index is 12.6. The number of hydrogen-bond acceptors (Lipinski definition) is 4. The molecule has 1 N–H and O–H groups in total. The van der Waals surface area contributed by atoms with Crippen LogP contribution in [0.25, 0.3) is 22.0 Å². The first kappa shape index (κ1) is 17.8. The Kier molecular flexibility index (Phi) is 4.46. The van der Waals surface area contributed by atoms with Crippen LogP contribution < -0.4 is 10.2 Å². The number of nitrogens with one attached hydrogen (secondary N) is 1. The van der Waals surface area contributed by atoms with Crippen molar-refractivity contribution >= 4 is 33.9 Å². The van der Waals surface area contributed by atoms with Crippen LogP contribution >= 0.6 is 0 Å². The van der Waals surface area contributed by atoms with Gasteiger partial charge in [0.1, 0.15) is 5.52 Å². The molecule has 0 radical (unpaired) electrons. The molecular weight excluding hydrogens is 364 g/mol. The van der Waals surface area contributed by atoms with Crippen molar-refractivity contribution in [3.8, 4) is 0 Å². The summed E-state index contributed by atoms with van der Waals surface area (Å²) in [6.45, 7) is 1.50. The van der Waals surface area contributed by atoms with Crippen molar-refractivity contribution in [2.24, 2.45) is 7.05 Å². The van der Waals surface area contributed by atoms with Crippen molar-refractivity contribution in [1.82, 2.24) is 14.9 Å². The maximum absolute atomic E-state index is 12.6. The third-order valence-electron chi connectivity index (χ3n) is 5.77. The number of para-hydroxylation sites is 3. The molecule has 148 valence electrons. The largest absolute Gasteiger partial charge is 0.423 e. The van der Waals surface area contributed by atoms with E-state index in [0.717, 1.165) is 47.0 Å². The van der Waals surface area contributed by atoms with E-state index < -0.39 is 0 Å². The molecule has 2 aromatic carbocycles. The molecule has 6 heteroatoms. The molecular formula is C23H24N4O2. The zero-order valence-corrected chi connectivity index (χ0v) is 16.5. The van der Waals surface area contributed by atoms with Gasteiger partial charge < -0.3 is 19.2 Å². The predicted molar refractivity (Wildman–Crippen MR) is 114 cm³/mol. The van der Waals surface area contributed by atoms with Gasteiger partial charge in [-0.1, -0.05) is 30.3 Å². The Morgan fingerprint density at radius 1 is 1.21 bits per heavy atom. The first-order valence-corrected chi connectivity index (χ1v) is 10.1. The number of carbonyl (C=O) groups is 1. The fraction of sp³-hybridized carbons (Fsp3) is 0.304. The van der Waals surface area contributed by atoms with Crippen LogP contribution in [0.15, 0.2) is 59.1 Å². The monoisotopic (exact) mass is 388 g/mol. The average Bonchev–Trinajstić information content (AvgIpc) is 3.44. The third-order valence-corrected chi connectivity index (χ3v) is 5.77. The molecule has 0 spiro atoms. The van der Waals surface area contributed by atoms with Crippen LogP contribution in [0.2, 0.25) is 0 Å². The van der Waals surface area contributed by atoms with Gasteiger partial charge in [-0.3, -0.25) is 4.79 Å². The van der Waals surface area contributed by atoms with Crippen LogP contribution in [0.3, 0.4) is 0 Å². The number of aromatic nitrogens is 2. The number of amides is 1. The van der Waals surface area contributed by atoms with Gasteiger partial charge >= 0.3 is 0 Å². The Balaban J connectivity index is 1.25. The van der Waals surface area contributed by atoms with Crippen LogP contribution in [0, 0.1) is 0 Å². The second-order valence-corrected chi connectivity index (χ2v) is 7.72. The SMILES string of the molecule is Cn1cc(CC(=O)NCC2CCCN2c2nc3ccccc3o2)c2ccccc21. The smallest absolute Gasteiger partial charge is 0.298 e. The van der Waals surface area contributed by atoms with E-state index in [-0.39, 0.29) is 11.9 Å². The van der Waals surface area contributed by atoms with Crippen molar-refractivity contribution in [2.45, 2.75) is 25.3 Å². The number of carbonyl (C=O) groups excluding carboxylic acids is 1. The summed E-state index contributed by atoms with van der Waals surface area (Å²) in [5.41, 5.74) is 3.87. The molecule has 0 aliphatic carbocycles. The van der Waals surface area contributed by atoms with Crippen molar-refractivity contribution in [1.29, 1.82) is 0 Å². The van der Waals surface area contributed by atoms with Crippen LogP contribution in [-0.4, -0.2) is 34.6 Å². The van der Waals surface area contributed by atoms with Crippen molar-refractivity contribution in [2.75, 3.05) is 18.0 Å². The molecule has 6 nitrogen and oxygen atoms in total. The van der Waals surface area contributed by atoms with Gasteiger partial charge in [0.25, 0.3) is 6.01 Å². The lowest BCUT2D eigenvalue weighted by Gasteiger charge is -2.23. The highest BCUT2D eigenvalue weighted by atomic mass is 16.4. The molecule has 1 saturated heterocycles. The van der Waals surface area contributed by atoms with Gasteiger partial charge in [-0.15, -0.1) is 0 Å². The summed E-state index contributed by atoms with van der Waals surface area (Å²) in [7, 11) is 2.01. The summed E-state index contributed by atoms with van der Waals surface area (Å²) < 4.78 is 8.01. The highest BCUT2D eigenvalue weighted by Crippen LogP contribution is 2.28. The summed E-state index contributed by atoms with van der Waals surface area (Å²) in [5, 5.41) is 4.26. The number of fused-ring (bicyclic) bond motifs is 2. The molecule has 1 atom stereocenters. The Bertz CT molecular complexity index is 1140. The van der Waals surface area contributed by atoms with Gasteiger partial charge in [0.15, 0.2) is 5.58 Å². The Hall–Kier alpha value is -3.28. The lowest BCUT2D eigenvalue weighted by atomic mass is 10.1. The van der Waals surface area contributed by atoms with Crippen LogP contribution in [0.1, 0.15) is 18.4 Å². The molecule has 1 fully saturated rings. The molecule has 1 aliphatic heterocycles. The van der Waals surface area contributed by atoms with Crippen LogP contribution in [-0.2, 0) is 18.3 Å². The number of aryl methyl sites for hydroxylation is 1. The number of oxazole rings is 1. The average molecular weight is 388 g/mol. The molecule has 0 bridgehead atoms. The lowest BCUT2D eigenvalue weighted by molar-refractivity contribution is -0.120. The third kappa shape index (κ3) is 3.35. The molecule has 1 unspecified atom stereocenters. The van der Waals surface area contributed by atoms with E-state index in [0.29, 0.717) is 19.0 Å². The van der Waals surface area contributed by atoms with Crippen molar-refractivity contribution < 1.29 is 9.21 Å². The molecule has 3 heterocycles. The van der Waals surface area contributed by atoms with Gasteiger partial charge in [-0.25, -0.2) is 0 Å². The number of anilines is 1. The number of hydrogen-bond donors (Lipinski definition) is 1. The minimum absolute atomic E-state index is 0.0470. The quantitative estimate of drug-likeness (QED) is 0.567. The van der Waals surface area contributed by atoms with E-state index in [1.165, 1.54) is 0 Å². The molecule has 0 saturated carbocycles. The highest BCUT2D eigenvalue weighted by Gasteiger charge is 2.28. The Labute approximate surface area is 169 Å². The summed E-state index contributed by atoms with van der Waals surface area (Å²) >= 11 is 0. The van der Waals surface area contributed by atoms with E-state index in [1.54, 1.807) is 0 Å². The number of benzene rings is 2. The minimum Gasteiger partial charge on any atom is -0.423 e. The standard InChI is InChI=1S/C23H24N4O2/c1-26-15-16(18-8-2-4-10-20(18)26)13-22(28)24-14-17-7-6-12-27(17)23-25-19-9-3-5-11-21(19)29-23/h2-5,8-11,15,17H,6-7,12-14H2,1H3,(H,24,28). The van der Waals surface area contributed by atoms with Crippen molar-refractivity contribution in [3.05, 3.63) is 60.3 Å². The van der Waals surface area contributed by atoms with Gasteiger partial charge in [0.2, 0.25) is 5.91 Å². The normalized spacial score (nSPS) is 16.7. The minimum atomic E-state index is 0.0470. The fourth-order valence-corrected chi connectivity index (χ4v) is 4.32. The summed E-state index contributed by atoms with van der Waals surface area (Å²) in [6, 6.07) is 16.8. The van der Waals surface area contributed by atoms with E-state index in [1.807, 2.05) is 49.6 Å². The lowest BCUT2D eigenvalue weighted by Crippen LogP contribution is -2.40. The predicted octanol–water partition coefficient (Wildman–Crippen LogP) is 3.65. The van der Waals surface area contributed by atoms with E-state index in [4.69, 9.17) is 4.42 Å². The molecule has 29 heavy (non-hydrogen) atoms. The topological polar surface area (TPSA) is 63.3 Å². The number of nitrogens with zero attached hydrogens (tertiary/aromatic N) is 3. The van der Waals surface area contributed by atoms with Crippen LogP contribution in [0.4, 0.5) is 6.01 Å². The van der Waals surface area contributed by atoms with Gasteiger partial charge in [-0.2, -0.15) is 4.98 Å². The Morgan fingerprint density at radius 3 is 2.93 bits per heavy atom. The van der Waals surface area contributed by atoms with Crippen molar-refractivity contribution in [3.63, 3.8) is 0 Å². The van der Waals surface area contributed by atoms with Crippen LogP contribution in [0.5, 0.6) is 0 Å². The molecule has 1 aliphatic rings. The number of rotatable bonds is 5. The van der Waals surface area contributed by atoms with E-state index in [9.17, 15) is 4.79 Å². The molecule has 4 aromatic rings. The van der Waals surface area contributed by atoms with Gasteiger partial charge in [0, 0.05) is 37.2 Å². The first-order chi connectivity index (χ1) is 14.2. The Morgan fingerprint density at radius 2 is 2.03 bits per heavy atom. The zero-order chi connectivity index (χ0) is 19.8. The molecule has 1 amide bonds. The van der Waals surface area contributed by atoms with Gasteiger partial charge in [0.05, 0.1) is 12.5 Å². The van der Waals surface area contributed by atoms with E-state index in [2.05, 4.69) is 31.9 Å². The zero-order valence-electron chi connectivity index (χ0n) is 16.5. The van der Waals surface area contributed by atoms with Gasteiger partial charge in [-0.05, 0) is 36.6 Å². The maximum Gasteiger partial charge on any atom is 0.298 e. The summed E-state index contributed by atoms with van der Waals surface area (Å²) in [5.74, 6) is 0.0470. The summed E-state index contributed by atoms with van der Waals surface area (Å²) in [6.07, 6.45) is 4.53. The fourth-order valence-electron chi connectivity index (χ4n) is 4.32. The second kappa shape index (κ2) is 7.28.